The van der Waals surface area contributed by atoms with Crippen molar-refractivity contribution in [2.45, 2.75) is 37.1 Å². The summed E-state index contributed by atoms with van der Waals surface area (Å²) in [5.41, 5.74) is 0.445. The number of carbonyl (C=O) groups is 2. The maximum absolute atomic E-state index is 13.0. The summed E-state index contributed by atoms with van der Waals surface area (Å²) in [4.78, 5) is 28.9. The minimum absolute atomic E-state index is 0.0372. The first-order valence-electron chi connectivity index (χ1n) is 10.3. The summed E-state index contributed by atoms with van der Waals surface area (Å²) in [7, 11) is -3.60. The van der Waals surface area contributed by atoms with Crippen molar-refractivity contribution in [1.82, 2.24) is 14.1 Å². The van der Waals surface area contributed by atoms with Gasteiger partial charge in [0.15, 0.2) is 0 Å². The van der Waals surface area contributed by atoms with Gasteiger partial charge in [-0.25, -0.2) is 8.42 Å². The van der Waals surface area contributed by atoms with E-state index in [0.717, 1.165) is 32.5 Å². The lowest BCUT2D eigenvalue weighted by molar-refractivity contribution is -0.128. The van der Waals surface area contributed by atoms with E-state index in [1.54, 1.807) is 23.1 Å². The maximum atomic E-state index is 13.0. The second-order valence-corrected chi connectivity index (χ2v) is 9.97. The number of carbonyl (C=O) groups excluding carboxylic acids is 2. The first-order chi connectivity index (χ1) is 13.9. The van der Waals surface area contributed by atoms with Gasteiger partial charge in [-0.2, -0.15) is 4.31 Å². The molecule has 0 bridgehead atoms. The molecule has 1 N–H and O–H groups in total. The van der Waals surface area contributed by atoms with Crippen LogP contribution < -0.4 is 5.32 Å². The molecule has 2 saturated heterocycles. The number of sulfonamides is 1. The molecule has 0 radical (unpaired) electrons. The summed E-state index contributed by atoms with van der Waals surface area (Å²) in [5, 5.41) is 2.81. The highest BCUT2D eigenvalue weighted by Gasteiger charge is 2.41. The van der Waals surface area contributed by atoms with E-state index in [1.807, 2.05) is 0 Å². The van der Waals surface area contributed by atoms with Gasteiger partial charge in [-0.05, 0) is 37.6 Å². The lowest BCUT2D eigenvalue weighted by Crippen LogP contribution is -2.48. The standard InChI is InChI=1S/C20H28N4O4S/c1-2-22-8-10-23(11-9-22)29(27,28)18-5-3-4-16(13-18)21-20(26)15-12-19(25)24(14-15)17-6-7-17/h3-5,13,15,17H,2,6-12,14H2,1H3,(H,21,26). The molecular weight excluding hydrogens is 392 g/mol. The average molecular weight is 421 g/mol. The number of piperazine rings is 1. The molecular formula is C20H28N4O4S. The van der Waals surface area contributed by atoms with Gasteiger partial charge >= 0.3 is 0 Å². The zero-order chi connectivity index (χ0) is 20.6. The van der Waals surface area contributed by atoms with E-state index in [1.165, 1.54) is 10.4 Å². The fourth-order valence-electron chi connectivity index (χ4n) is 4.06. The van der Waals surface area contributed by atoms with Crippen LogP contribution in [0.5, 0.6) is 0 Å². The van der Waals surface area contributed by atoms with Crippen molar-refractivity contribution in [2.24, 2.45) is 5.92 Å². The quantitative estimate of drug-likeness (QED) is 0.741. The number of benzene rings is 1. The summed E-state index contributed by atoms with van der Waals surface area (Å²) in [6.07, 6.45) is 2.26. The van der Waals surface area contributed by atoms with E-state index in [-0.39, 0.29) is 29.0 Å². The Kier molecular flexibility index (Phi) is 5.63. The van der Waals surface area contributed by atoms with Gasteiger partial charge in [0.05, 0.1) is 10.8 Å². The van der Waals surface area contributed by atoms with Gasteiger partial charge in [-0.15, -0.1) is 0 Å². The van der Waals surface area contributed by atoms with Gasteiger partial charge in [0.2, 0.25) is 21.8 Å². The normalized spacial score (nSPS) is 24.1. The highest BCUT2D eigenvalue weighted by atomic mass is 32.2. The van der Waals surface area contributed by atoms with Crippen LogP contribution in [0.4, 0.5) is 5.69 Å². The molecule has 0 spiro atoms. The van der Waals surface area contributed by atoms with Crippen LogP contribution in [0.15, 0.2) is 29.2 Å². The third-order valence-electron chi connectivity index (χ3n) is 6.03. The van der Waals surface area contributed by atoms with Gasteiger partial charge in [-0.1, -0.05) is 13.0 Å². The Morgan fingerprint density at radius 3 is 2.55 bits per heavy atom. The van der Waals surface area contributed by atoms with E-state index < -0.39 is 10.0 Å². The Labute approximate surface area is 171 Å². The summed E-state index contributed by atoms with van der Waals surface area (Å²) in [5.74, 6) is -0.576. The van der Waals surface area contributed by atoms with Crippen LogP contribution in [0.1, 0.15) is 26.2 Å². The number of hydrogen-bond donors (Lipinski definition) is 1. The molecule has 158 valence electrons. The average Bonchev–Trinajstić information content (AvgIpc) is 3.49. The lowest BCUT2D eigenvalue weighted by atomic mass is 10.1. The summed E-state index contributed by atoms with van der Waals surface area (Å²) in [6.45, 7) is 5.81. The largest absolute Gasteiger partial charge is 0.339 e. The minimum Gasteiger partial charge on any atom is -0.339 e. The molecule has 1 aromatic carbocycles. The molecule has 1 unspecified atom stereocenters. The number of anilines is 1. The van der Waals surface area contributed by atoms with E-state index in [9.17, 15) is 18.0 Å². The first-order valence-corrected chi connectivity index (χ1v) is 11.8. The molecule has 1 aliphatic carbocycles. The van der Waals surface area contributed by atoms with E-state index >= 15 is 0 Å². The number of nitrogens with one attached hydrogen (secondary N) is 1. The highest BCUT2D eigenvalue weighted by Crippen LogP contribution is 2.33. The van der Waals surface area contributed by atoms with E-state index in [2.05, 4.69) is 17.1 Å². The molecule has 4 rings (SSSR count). The molecule has 1 atom stereocenters. The van der Waals surface area contributed by atoms with Crippen LogP contribution >= 0.6 is 0 Å². The van der Waals surface area contributed by atoms with Crippen molar-refractivity contribution in [1.29, 1.82) is 0 Å². The zero-order valence-corrected chi connectivity index (χ0v) is 17.5. The molecule has 2 aliphatic heterocycles. The second-order valence-electron chi connectivity index (χ2n) is 8.03. The van der Waals surface area contributed by atoms with Crippen LogP contribution in [-0.2, 0) is 19.6 Å². The van der Waals surface area contributed by atoms with Crippen molar-refractivity contribution < 1.29 is 18.0 Å². The van der Waals surface area contributed by atoms with Crippen molar-refractivity contribution in [2.75, 3.05) is 44.6 Å². The van der Waals surface area contributed by atoms with Gasteiger partial charge < -0.3 is 15.1 Å². The van der Waals surface area contributed by atoms with Crippen molar-refractivity contribution in [3.05, 3.63) is 24.3 Å². The van der Waals surface area contributed by atoms with Crippen LogP contribution in [0.25, 0.3) is 0 Å². The van der Waals surface area contributed by atoms with E-state index in [4.69, 9.17) is 0 Å². The monoisotopic (exact) mass is 420 g/mol. The number of likely N-dealkylation sites (tertiary alicyclic amines) is 1. The fraction of sp³-hybridized carbons (Fsp3) is 0.600. The van der Waals surface area contributed by atoms with E-state index in [0.29, 0.717) is 31.4 Å². The number of nitrogens with zero attached hydrogens (tertiary/aromatic N) is 3. The summed E-state index contributed by atoms with van der Waals surface area (Å²) >= 11 is 0. The lowest BCUT2D eigenvalue weighted by Gasteiger charge is -2.33. The molecule has 3 aliphatic rings. The van der Waals surface area contributed by atoms with Crippen molar-refractivity contribution in [3.8, 4) is 0 Å². The predicted molar refractivity (Wildman–Crippen MR) is 109 cm³/mol. The van der Waals surface area contributed by atoms with Crippen molar-refractivity contribution in [3.63, 3.8) is 0 Å². The summed E-state index contributed by atoms with van der Waals surface area (Å²) < 4.78 is 27.5. The fourth-order valence-corrected chi connectivity index (χ4v) is 5.53. The van der Waals surface area contributed by atoms with Crippen molar-refractivity contribution >= 4 is 27.5 Å². The Bertz CT molecular complexity index is 891. The molecule has 3 fully saturated rings. The summed E-state index contributed by atoms with van der Waals surface area (Å²) in [6, 6.07) is 6.70. The van der Waals surface area contributed by atoms with Gasteiger partial charge in [-0.3, -0.25) is 9.59 Å². The van der Waals surface area contributed by atoms with Gasteiger partial charge in [0, 0.05) is 50.9 Å². The minimum atomic E-state index is -3.60. The predicted octanol–water partition coefficient (Wildman–Crippen LogP) is 0.962. The maximum Gasteiger partial charge on any atom is 0.243 e. The smallest absolute Gasteiger partial charge is 0.243 e. The van der Waals surface area contributed by atoms with Crippen LogP contribution in [0.2, 0.25) is 0 Å². The molecule has 1 saturated carbocycles. The second kappa shape index (κ2) is 8.04. The number of rotatable bonds is 6. The Morgan fingerprint density at radius 1 is 1.17 bits per heavy atom. The third-order valence-corrected chi connectivity index (χ3v) is 7.93. The number of amides is 2. The Hall–Kier alpha value is -1.97. The number of hydrogen-bond acceptors (Lipinski definition) is 5. The first kappa shape index (κ1) is 20.3. The molecule has 2 amide bonds. The molecule has 0 aromatic heterocycles. The van der Waals surface area contributed by atoms with Gasteiger partial charge in [0.25, 0.3) is 0 Å². The van der Waals surface area contributed by atoms with Crippen LogP contribution in [0.3, 0.4) is 0 Å². The van der Waals surface area contributed by atoms with Crippen LogP contribution in [0, 0.1) is 5.92 Å². The zero-order valence-electron chi connectivity index (χ0n) is 16.7. The number of likely N-dealkylation sites (N-methyl/N-ethyl adjacent to an activating group) is 1. The molecule has 29 heavy (non-hydrogen) atoms. The van der Waals surface area contributed by atoms with Gasteiger partial charge in [0.1, 0.15) is 0 Å². The molecule has 8 nitrogen and oxygen atoms in total. The third kappa shape index (κ3) is 4.31. The topological polar surface area (TPSA) is 90.0 Å². The Balaban J connectivity index is 1.42. The molecule has 2 heterocycles. The highest BCUT2D eigenvalue weighted by molar-refractivity contribution is 7.89. The van der Waals surface area contributed by atoms with Crippen LogP contribution in [-0.4, -0.2) is 79.6 Å². The molecule has 1 aromatic rings. The molecule has 9 heteroatoms. The SMILES string of the molecule is CCN1CCN(S(=O)(=O)c2cccc(NC(=O)C3CC(=O)N(C4CC4)C3)c2)CC1. The Morgan fingerprint density at radius 2 is 1.90 bits per heavy atom.